The van der Waals surface area contributed by atoms with Crippen molar-refractivity contribution in [3.05, 3.63) is 0 Å². The molecule has 2 unspecified atom stereocenters. The Kier molecular flexibility index (Phi) is 6.59. The molecule has 0 bridgehead atoms. The molecule has 0 aliphatic heterocycles. The molecule has 0 saturated heterocycles. The lowest BCUT2D eigenvalue weighted by molar-refractivity contribution is -0.173. The van der Waals surface area contributed by atoms with Gasteiger partial charge in [0, 0.05) is 11.9 Å². The zero-order chi connectivity index (χ0) is 12.7. The van der Waals surface area contributed by atoms with Crippen molar-refractivity contribution in [2.45, 2.75) is 37.2 Å². The first-order valence-corrected chi connectivity index (χ1v) is 6.40. The molecule has 1 fully saturated rings. The van der Waals surface area contributed by atoms with E-state index in [-0.39, 0.29) is 12.0 Å². The maximum atomic E-state index is 11.7. The highest BCUT2D eigenvalue weighted by molar-refractivity contribution is 6.20. The Labute approximate surface area is 105 Å². The van der Waals surface area contributed by atoms with Gasteiger partial charge >= 0.3 is 6.18 Å². The molecule has 0 spiro atoms. The third-order valence-corrected chi connectivity index (χ3v) is 3.24. The van der Waals surface area contributed by atoms with Crippen LogP contribution in [-0.2, 0) is 4.74 Å². The van der Waals surface area contributed by atoms with Crippen LogP contribution in [0.3, 0.4) is 0 Å². The van der Waals surface area contributed by atoms with Crippen LogP contribution >= 0.6 is 11.6 Å². The molecule has 0 radical (unpaired) electrons. The van der Waals surface area contributed by atoms with Gasteiger partial charge in [-0.05, 0) is 31.7 Å². The zero-order valence-corrected chi connectivity index (χ0v) is 10.5. The van der Waals surface area contributed by atoms with Gasteiger partial charge < -0.3 is 10.1 Å². The predicted octanol–water partition coefficient (Wildman–Crippen LogP) is 2.95. The minimum absolute atomic E-state index is 0.0938. The quantitative estimate of drug-likeness (QED) is 0.593. The Hall–Kier alpha value is 0. The van der Waals surface area contributed by atoms with Crippen molar-refractivity contribution in [1.29, 1.82) is 0 Å². The molecule has 0 aromatic carbocycles. The van der Waals surface area contributed by atoms with Crippen molar-refractivity contribution in [2.75, 3.05) is 26.3 Å². The SMILES string of the molecule is FC(F)(F)COCCNCC1CCCC(Cl)C1. The molecule has 6 heteroatoms. The molecule has 1 N–H and O–H groups in total. The Morgan fingerprint density at radius 3 is 2.71 bits per heavy atom. The van der Waals surface area contributed by atoms with Crippen molar-refractivity contribution >= 4 is 11.6 Å². The van der Waals surface area contributed by atoms with E-state index in [2.05, 4.69) is 10.1 Å². The second kappa shape index (κ2) is 7.44. The normalized spacial score (nSPS) is 26.1. The van der Waals surface area contributed by atoms with E-state index in [4.69, 9.17) is 11.6 Å². The van der Waals surface area contributed by atoms with Gasteiger partial charge in [0.1, 0.15) is 6.61 Å². The average molecular weight is 274 g/mol. The van der Waals surface area contributed by atoms with Crippen LogP contribution in [0, 0.1) is 5.92 Å². The van der Waals surface area contributed by atoms with Gasteiger partial charge in [0.2, 0.25) is 0 Å². The number of hydrogen-bond donors (Lipinski definition) is 1. The molecule has 0 amide bonds. The number of ether oxygens (including phenoxy) is 1. The van der Waals surface area contributed by atoms with Gasteiger partial charge in [-0.2, -0.15) is 13.2 Å². The highest BCUT2D eigenvalue weighted by Gasteiger charge is 2.27. The topological polar surface area (TPSA) is 21.3 Å². The zero-order valence-electron chi connectivity index (χ0n) is 9.73. The molecule has 2 nitrogen and oxygen atoms in total. The fourth-order valence-electron chi connectivity index (χ4n) is 2.05. The molecule has 1 aliphatic carbocycles. The molecule has 17 heavy (non-hydrogen) atoms. The van der Waals surface area contributed by atoms with Crippen LogP contribution in [0.15, 0.2) is 0 Å². The van der Waals surface area contributed by atoms with Crippen LogP contribution in [-0.4, -0.2) is 37.9 Å². The lowest BCUT2D eigenvalue weighted by Gasteiger charge is -2.25. The first-order valence-electron chi connectivity index (χ1n) is 5.96. The van der Waals surface area contributed by atoms with E-state index in [1.165, 1.54) is 0 Å². The number of rotatable bonds is 6. The van der Waals surface area contributed by atoms with E-state index in [9.17, 15) is 13.2 Å². The second-order valence-electron chi connectivity index (χ2n) is 4.50. The summed E-state index contributed by atoms with van der Waals surface area (Å²) in [6.07, 6.45) is 0.143. The summed E-state index contributed by atoms with van der Waals surface area (Å²) >= 11 is 6.05. The molecule has 102 valence electrons. The average Bonchev–Trinajstić information content (AvgIpc) is 2.22. The number of alkyl halides is 4. The summed E-state index contributed by atoms with van der Waals surface area (Å²) < 4.78 is 39.7. The Morgan fingerprint density at radius 1 is 1.29 bits per heavy atom. The van der Waals surface area contributed by atoms with Crippen molar-refractivity contribution in [3.63, 3.8) is 0 Å². The van der Waals surface area contributed by atoms with Crippen molar-refractivity contribution in [2.24, 2.45) is 5.92 Å². The summed E-state index contributed by atoms with van der Waals surface area (Å²) in [5.41, 5.74) is 0. The van der Waals surface area contributed by atoms with Crippen LogP contribution in [0.5, 0.6) is 0 Å². The monoisotopic (exact) mass is 273 g/mol. The Morgan fingerprint density at radius 2 is 2.06 bits per heavy atom. The number of nitrogens with one attached hydrogen (secondary N) is 1. The summed E-state index contributed by atoms with van der Waals surface area (Å²) in [4.78, 5) is 0. The van der Waals surface area contributed by atoms with Crippen molar-refractivity contribution < 1.29 is 17.9 Å². The van der Waals surface area contributed by atoms with E-state index in [0.717, 1.165) is 32.2 Å². The van der Waals surface area contributed by atoms with Crippen molar-refractivity contribution in [3.8, 4) is 0 Å². The summed E-state index contributed by atoms with van der Waals surface area (Å²) in [5.74, 6) is 0.550. The summed E-state index contributed by atoms with van der Waals surface area (Å²) in [7, 11) is 0. The van der Waals surface area contributed by atoms with Gasteiger partial charge in [-0.15, -0.1) is 11.6 Å². The van der Waals surface area contributed by atoms with Gasteiger partial charge in [0.25, 0.3) is 0 Å². The summed E-state index contributed by atoms with van der Waals surface area (Å²) in [6, 6.07) is 0. The standard InChI is InChI=1S/C11H19ClF3NO/c12-10-3-1-2-9(6-10)7-16-4-5-17-8-11(13,14)15/h9-10,16H,1-8H2. The summed E-state index contributed by atoms with van der Waals surface area (Å²) in [5, 5.41) is 3.37. The fourth-order valence-corrected chi connectivity index (χ4v) is 2.46. The Balaban J connectivity index is 1.93. The molecule has 0 aromatic rings. The van der Waals surface area contributed by atoms with Gasteiger partial charge in [0.15, 0.2) is 0 Å². The van der Waals surface area contributed by atoms with E-state index in [1.54, 1.807) is 0 Å². The minimum Gasteiger partial charge on any atom is -0.371 e. The lowest BCUT2D eigenvalue weighted by Crippen LogP contribution is -2.30. The highest BCUT2D eigenvalue weighted by Crippen LogP contribution is 2.27. The van der Waals surface area contributed by atoms with E-state index >= 15 is 0 Å². The molecule has 2 atom stereocenters. The first kappa shape index (κ1) is 15.1. The number of halogens is 4. The van der Waals surface area contributed by atoms with Crippen LogP contribution in [0.2, 0.25) is 0 Å². The molecular weight excluding hydrogens is 255 g/mol. The van der Waals surface area contributed by atoms with Gasteiger partial charge in [-0.25, -0.2) is 0 Å². The molecule has 1 saturated carbocycles. The largest absolute Gasteiger partial charge is 0.411 e. The van der Waals surface area contributed by atoms with Crippen molar-refractivity contribution in [1.82, 2.24) is 5.32 Å². The molecule has 1 rings (SSSR count). The van der Waals surface area contributed by atoms with E-state index in [1.807, 2.05) is 0 Å². The maximum Gasteiger partial charge on any atom is 0.411 e. The third kappa shape index (κ3) is 7.84. The fraction of sp³-hybridized carbons (Fsp3) is 1.00. The smallest absolute Gasteiger partial charge is 0.371 e. The molecular formula is C11H19ClF3NO. The molecule has 0 aromatic heterocycles. The van der Waals surface area contributed by atoms with Crippen LogP contribution in [0.4, 0.5) is 13.2 Å². The van der Waals surface area contributed by atoms with Crippen LogP contribution in [0.25, 0.3) is 0 Å². The molecule has 0 heterocycles. The van der Waals surface area contributed by atoms with E-state index < -0.39 is 12.8 Å². The maximum absolute atomic E-state index is 11.7. The van der Waals surface area contributed by atoms with Crippen LogP contribution < -0.4 is 5.32 Å². The van der Waals surface area contributed by atoms with E-state index in [0.29, 0.717) is 12.5 Å². The van der Waals surface area contributed by atoms with Crippen LogP contribution in [0.1, 0.15) is 25.7 Å². The van der Waals surface area contributed by atoms with Gasteiger partial charge in [0.05, 0.1) is 6.61 Å². The Bertz CT molecular complexity index is 213. The first-order chi connectivity index (χ1) is 7.97. The predicted molar refractivity (Wildman–Crippen MR) is 61.3 cm³/mol. The molecule has 1 aliphatic rings. The highest BCUT2D eigenvalue weighted by atomic mass is 35.5. The second-order valence-corrected chi connectivity index (χ2v) is 5.12. The van der Waals surface area contributed by atoms with Gasteiger partial charge in [-0.1, -0.05) is 6.42 Å². The summed E-state index contributed by atoms with van der Waals surface area (Å²) in [6.45, 7) is 0.205. The lowest BCUT2D eigenvalue weighted by atomic mass is 9.89. The number of hydrogen-bond acceptors (Lipinski definition) is 2. The van der Waals surface area contributed by atoms with Gasteiger partial charge in [-0.3, -0.25) is 0 Å². The minimum atomic E-state index is -4.23. The third-order valence-electron chi connectivity index (χ3n) is 2.84.